The van der Waals surface area contributed by atoms with E-state index in [1.54, 1.807) is 36.0 Å². The van der Waals surface area contributed by atoms with Crippen molar-refractivity contribution in [1.82, 2.24) is 10.3 Å². The fourth-order valence-electron chi connectivity index (χ4n) is 3.78. The van der Waals surface area contributed by atoms with Crippen LogP contribution in [0.5, 0.6) is 0 Å². The number of aromatic nitrogens is 1. The van der Waals surface area contributed by atoms with Crippen molar-refractivity contribution in [3.63, 3.8) is 0 Å². The molecule has 1 unspecified atom stereocenters. The number of nitrogens with one attached hydrogen (secondary N) is 2. The predicted octanol–water partition coefficient (Wildman–Crippen LogP) is 4.28. The molecule has 3 rings (SSSR count). The molecule has 2 aromatic carbocycles. The van der Waals surface area contributed by atoms with Gasteiger partial charge < -0.3 is 16.2 Å². The van der Waals surface area contributed by atoms with Gasteiger partial charge in [0.2, 0.25) is 0 Å². The first-order valence-corrected chi connectivity index (χ1v) is 14.7. The van der Waals surface area contributed by atoms with Gasteiger partial charge in [0.05, 0.1) is 15.3 Å². The third-order valence-corrected chi connectivity index (χ3v) is 8.15. The standard InChI is InChI=1S/C26H35N5O4S2/c1-2-3-4-5-16-31(26(27)33)22-10-12-23(13-11-22)37(34,35)30-21-8-6-20(7-9-21)14-15-28-17-24(32)25-18-29-19-36-25/h6-13,18-19,24,28,30,32H,2-5,14-17H2,1H3,(H2,27,33). The average molecular weight is 546 g/mol. The fraction of sp³-hybridized carbons (Fsp3) is 0.385. The first kappa shape index (κ1) is 28.6. The Morgan fingerprint density at radius 3 is 2.46 bits per heavy atom. The maximum atomic E-state index is 12.9. The molecule has 0 saturated heterocycles. The molecule has 9 nitrogen and oxygen atoms in total. The van der Waals surface area contributed by atoms with Gasteiger partial charge in [-0.15, -0.1) is 11.3 Å². The summed E-state index contributed by atoms with van der Waals surface area (Å²) in [6, 6.07) is 12.8. The summed E-state index contributed by atoms with van der Waals surface area (Å²) >= 11 is 1.42. The summed E-state index contributed by atoms with van der Waals surface area (Å²) in [6.07, 6.45) is 5.83. The van der Waals surface area contributed by atoms with Gasteiger partial charge in [-0.3, -0.25) is 14.6 Å². The van der Waals surface area contributed by atoms with Gasteiger partial charge in [-0.25, -0.2) is 13.2 Å². The molecule has 2 amide bonds. The molecule has 5 N–H and O–H groups in total. The predicted molar refractivity (Wildman–Crippen MR) is 148 cm³/mol. The number of amides is 2. The van der Waals surface area contributed by atoms with E-state index in [2.05, 4.69) is 21.9 Å². The molecule has 0 aliphatic heterocycles. The van der Waals surface area contributed by atoms with Crippen molar-refractivity contribution >= 4 is 38.8 Å². The van der Waals surface area contributed by atoms with Crippen LogP contribution in [0.3, 0.4) is 0 Å². The molecule has 0 bridgehead atoms. The number of urea groups is 1. The Morgan fingerprint density at radius 2 is 1.84 bits per heavy atom. The fourth-order valence-corrected chi connectivity index (χ4v) is 5.45. The Balaban J connectivity index is 1.51. The normalized spacial score (nSPS) is 12.3. The van der Waals surface area contributed by atoms with Crippen LogP contribution in [0.4, 0.5) is 16.2 Å². The topological polar surface area (TPSA) is 138 Å². The quantitative estimate of drug-likeness (QED) is 0.210. The number of rotatable bonds is 15. The second kappa shape index (κ2) is 14.1. The lowest BCUT2D eigenvalue weighted by Crippen LogP contribution is -2.36. The van der Waals surface area contributed by atoms with E-state index in [-0.39, 0.29) is 4.90 Å². The minimum atomic E-state index is -3.79. The third kappa shape index (κ3) is 8.81. The second-order valence-corrected chi connectivity index (χ2v) is 11.3. The highest BCUT2D eigenvalue weighted by molar-refractivity contribution is 7.92. The summed E-state index contributed by atoms with van der Waals surface area (Å²) in [5.74, 6) is 0. The molecule has 0 spiro atoms. The second-order valence-electron chi connectivity index (χ2n) is 8.72. The lowest BCUT2D eigenvalue weighted by Gasteiger charge is -2.21. The summed E-state index contributed by atoms with van der Waals surface area (Å²) < 4.78 is 28.3. The Kier molecular flexibility index (Phi) is 10.9. The van der Waals surface area contributed by atoms with E-state index in [0.717, 1.165) is 42.5 Å². The number of primary amides is 1. The number of aliphatic hydroxyl groups excluding tert-OH is 1. The highest BCUT2D eigenvalue weighted by atomic mass is 32.2. The van der Waals surface area contributed by atoms with Crippen LogP contribution < -0.4 is 20.7 Å². The van der Waals surface area contributed by atoms with Crippen molar-refractivity contribution in [1.29, 1.82) is 0 Å². The number of unbranched alkanes of at least 4 members (excludes halogenated alkanes) is 3. The smallest absolute Gasteiger partial charge is 0.319 e. The maximum Gasteiger partial charge on any atom is 0.319 e. The number of nitrogens with zero attached hydrogens (tertiary/aromatic N) is 2. The molecule has 0 aliphatic rings. The Morgan fingerprint density at radius 1 is 1.11 bits per heavy atom. The first-order valence-electron chi connectivity index (χ1n) is 12.4. The van der Waals surface area contributed by atoms with Crippen molar-refractivity contribution < 1.29 is 18.3 Å². The number of nitrogens with two attached hydrogens (primary N) is 1. The monoisotopic (exact) mass is 545 g/mol. The first-order chi connectivity index (χ1) is 17.8. The molecule has 1 heterocycles. The van der Waals surface area contributed by atoms with Gasteiger partial charge in [0.25, 0.3) is 10.0 Å². The van der Waals surface area contributed by atoms with Crippen LogP contribution in [0.1, 0.15) is 49.2 Å². The molecule has 1 aromatic heterocycles. The van der Waals surface area contributed by atoms with Crippen molar-refractivity contribution in [3.8, 4) is 0 Å². The summed E-state index contributed by atoms with van der Waals surface area (Å²) in [5, 5.41) is 13.3. The largest absolute Gasteiger partial charge is 0.386 e. The van der Waals surface area contributed by atoms with Crippen LogP contribution in [-0.4, -0.2) is 44.2 Å². The van der Waals surface area contributed by atoms with Gasteiger partial charge in [0.15, 0.2) is 0 Å². The number of aliphatic hydroxyl groups is 1. The summed E-state index contributed by atoms with van der Waals surface area (Å²) in [7, 11) is -3.79. The highest BCUT2D eigenvalue weighted by Gasteiger charge is 2.17. The van der Waals surface area contributed by atoms with Gasteiger partial charge >= 0.3 is 6.03 Å². The average Bonchev–Trinajstić information content (AvgIpc) is 3.42. The number of thiazole rings is 1. The van der Waals surface area contributed by atoms with Gasteiger partial charge in [-0.05, 0) is 61.3 Å². The van der Waals surface area contributed by atoms with Crippen molar-refractivity contribution in [2.24, 2.45) is 5.73 Å². The SMILES string of the molecule is CCCCCCN(C(N)=O)c1ccc(S(=O)(=O)Nc2ccc(CCNCC(O)c3cncs3)cc2)cc1. The van der Waals surface area contributed by atoms with E-state index in [4.69, 9.17) is 5.73 Å². The Bertz CT molecular complexity index is 1200. The molecule has 0 fully saturated rings. The molecular weight excluding hydrogens is 510 g/mol. The zero-order chi connectivity index (χ0) is 26.7. The number of carbonyl (C=O) groups excluding carboxylic acids is 1. The van der Waals surface area contributed by atoms with E-state index in [0.29, 0.717) is 31.0 Å². The number of benzene rings is 2. The number of hydrogen-bond acceptors (Lipinski definition) is 7. The van der Waals surface area contributed by atoms with Crippen molar-refractivity contribution in [2.45, 2.75) is 50.0 Å². The van der Waals surface area contributed by atoms with E-state index < -0.39 is 22.2 Å². The molecule has 0 saturated carbocycles. The van der Waals surface area contributed by atoms with Crippen LogP contribution in [0, 0.1) is 0 Å². The molecule has 200 valence electrons. The molecule has 1 atom stereocenters. The zero-order valence-electron chi connectivity index (χ0n) is 21.0. The van der Waals surface area contributed by atoms with E-state index in [1.807, 2.05) is 12.1 Å². The van der Waals surface area contributed by atoms with Crippen LogP contribution in [0.15, 0.2) is 65.1 Å². The van der Waals surface area contributed by atoms with Gasteiger partial charge in [0.1, 0.15) is 6.10 Å². The van der Waals surface area contributed by atoms with Gasteiger partial charge in [-0.1, -0.05) is 38.3 Å². The van der Waals surface area contributed by atoms with Gasteiger partial charge in [-0.2, -0.15) is 0 Å². The lowest BCUT2D eigenvalue weighted by atomic mass is 10.1. The Labute approximate surface area is 222 Å². The minimum Gasteiger partial charge on any atom is -0.386 e. The van der Waals surface area contributed by atoms with Gasteiger partial charge in [0, 0.05) is 30.7 Å². The number of anilines is 2. The van der Waals surface area contributed by atoms with Crippen LogP contribution in [0.25, 0.3) is 0 Å². The Hall–Kier alpha value is -2.99. The lowest BCUT2D eigenvalue weighted by molar-refractivity contribution is 0.178. The molecule has 3 aromatic rings. The van der Waals surface area contributed by atoms with E-state index in [1.165, 1.54) is 28.4 Å². The minimum absolute atomic E-state index is 0.0967. The summed E-state index contributed by atoms with van der Waals surface area (Å²) in [5.41, 5.74) is 9.29. The molecule has 11 heteroatoms. The molecular formula is C26H35N5O4S2. The summed E-state index contributed by atoms with van der Waals surface area (Å²) in [6.45, 7) is 3.73. The highest BCUT2D eigenvalue weighted by Crippen LogP contribution is 2.22. The number of sulfonamides is 1. The maximum absolute atomic E-state index is 12.9. The number of carbonyl (C=O) groups is 1. The number of hydrogen-bond donors (Lipinski definition) is 4. The van der Waals surface area contributed by atoms with Crippen molar-refractivity contribution in [3.05, 3.63) is 70.7 Å². The van der Waals surface area contributed by atoms with Crippen LogP contribution in [-0.2, 0) is 16.4 Å². The van der Waals surface area contributed by atoms with Crippen molar-refractivity contribution in [2.75, 3.05) is 29.3 Å². The molecule has 0 radical (unpaired) electrons. The van der Waals surface area contributed by atoms with E-state index >= 15 is 0 Å². The third-order valence-electron chi connectivity index (χ3n) is 5.87. The molecule has 0 aliphatic carbocycles. The zero-order valence-corrected chi connectivity index (χ0v) is 22.6. The van der Waals surface area contributed by atoms with Crippen LogP contribution in [0.2, 0.25) is 0 Å². The summed E-state index contributed by atoms with van der Waals surface area (Å²) in [4.78, 5) is 18.2. The van der Waals surface area contributed by atoms with E-state index in [9.17, 15) is 18.3 Å². The molecule has 37 heavy (non-hydrogen) atoms. The van der Waals surface area contributed by atoms with Crippen LogP contribution >= 0.6 is 11.3 Å².